The topological polar surface area (TPSA) is 25.8 Å². The zero-order valence-corrected chi connectivity index (χ0v) is 24.3. The van der Waals surface area contributed by atoms with Gasteiger partial charge in [0.05, 0.1) is 11.4 Å². The van der Waals surface area contributed by atoms with E-state index < -0.39 is 0 Å². The maximum absolute atomic E-state index is 5.23. The van der Waals surface area contributed by atoms with Crippen molar-refractivity contribution in [3.8, 4) is 56.2 Å². The van der Waals surface area contributed by atoms with Crippen LogP contribution < -0.4 is 0 Å². The molecule has 2 heteroatoms. The molecule has 43 heavy (non-hydrogen) atoms. The van der Waals surface area contributed by atoms with E-state index in [-0.39, 0.29) is 5.41 Å². The Morgan fingerprint density at radius 3 is 1.72 bits per heavy atom. The van der Waals surface area contributed by atoms with Crippen molar-refractivity contribution in [3.05, 3.63) is 157 Å². The number of nitrogens with zero attached hydrogens (tertiary/aromatic N) is 2. The minimum absolute atomic E-state index is 0.115. The Balaban J connectivity index is 1.35. The number of benzene rings is 6. The van der Waals surface area contributed by atoms with Gasteiger partial charge in [-0.15, -0.1) is 0 Å². The fourth-order valence-electron chi connectivity index (χ4n) is 6.68. The van der Waals surface area contributed by atoms with E-state index in [1.54, 1.807) is 0 Å². The highest BCUT2D eigenvalue weighted by molar-refractivity contribution is 6.08. The van der Waals surface area contributed by atoms with E-state index in [0.29, 0.717) is 0 Å². The molecule has 1 heterocycles. The van der Waals surface area contributed by atoms with Crippen molar-refractivity contribution in [2.75, 3.05) is 0 Å². The zero-order chi connectivity index (χ0) is 29.0. The van der Waals surface area contributed by atoms with Gasteiger partial charge in [-0.2, -0.15) is 0 Å². The summed E-state index contributed by atoms with van der Waals surface area (Å²) in [7, 11) is 0. The van der Waals surface area contributed by atoms with Crippen LogP contribution in [0.25, 0.3) is 66.9 Å². The molecular formula is C41H30N2. The second kappa shape index (κ2) is 9.89. The molecule has 1 aliphatic carbocycles. The van der Waals surface area contributed by atoms with Gasteiger partial charge in [0.15, 0.2) is 5.82 Å². The summed E-state index contributed by atoms with van der Waals surface area (Å²) in [6.07, 6.45) is 0. The van der Waals surface area contributed by atoms with Gasteiger partial charge in [-0.05, 0) is 56.3 Å². The van der Waals surface area contributed by atoms with Crippen molar-refractivity contribution in [1.29, 1.82) is 0 Å². The summed E-state index contributed by atoms with van der Waals surface area (Å²) < 4.78 is 0. The Bertz CT molecular complexity index is 2130. The Morgan fingerprint density at radius 1 is 0.419 bits per heavy atom. The first-order valence-electron chi connectivity index (χ1n) is 14.8. The van der Waals surface area contributed by atoms with Gasteiger partial charge in [-0.25, -0.2) is 9.97 Å². The lowest BCUT2D eigenvalue weighted by molar-refractivity contribution is 0.661. The van der Waals surface area contributed by atoms with Crippen LogP contribution >= 0.6 is 0 Å². The van der Waals surface area contributed by atoms with Crippen molar-refractivity contribution in [3.63, 3.8) is 0 Å². The van der Waals surface area contributed by atoms with Crippen LogP contribution in [0.4, 0.5) is 0 Å². The first kappa shape index (κ1) is 25.4. The predicted octanol–water partition coefficient (Wildman–Crippen LogP) is 10.6. The summed E-state index contributed by atoms with van der Waals surface area (Å²) in [5, 5.41) is 2.47. The summed E-state index contributed by atoms with van der Waals surface area (Å²) in [6.45, 7) is 4.68. The van der Waals surface area contributed by atoms with Crippen molar-refractivity contribution in [1.82, 2.24) is 9.97 Å². The van der Waals surface area contributed by atoms with Gasteiger partial charge in [0.2, 0.25) is 0 Å². The summed E-state index contributed by atoms with van der Waals surface area (Å²) in [6, 6.07) is 51.7. The quantitative estimate of drug-likeness (QED) is 0.218. The van der Waals surface area contributed by atoms with E-state index in [1.165, 1.54) is 44.2 Å². The molecule has 0 bridgehead atoms. The third-order valence-electron chi connectivity index (χ3n) is 8.91. The minimum atomic E-state index is -0.115. The average Bonchev–Trinajstić information content (AvgIpc) is 3.31. The molecule has 0 amide bonds. The fourth-order valence-corrected chi connectivity index (χ4v) is 6.68. The number of aromatic nitrogens is 2. The molecule has 204 valence electrons. The summed E-state index contributed by atoms with van der Waals surface area (Å²) >= 11 is 0. The molecule has 6 aromatic carbocycles. The Labute approximate surface area is 252 Å². The molecule has 0 fully saturated rings. The number of hydrogen-bond donors (Lipinski definition) is 0. The lowest BCUT2D eigenvalue weighted by Crippen LogP contribution is -2.15. The van der Waals surface area contributed by atoms with Crippen LogP contribution in [0, 0.1) is 0 Å². The van der Waals surface area contributed by atoms with Crippen LogP contribution in [0.15, 0.2) is 146 Å². The predicted molar refractivity (Wildman–Crippen MR) is 179 cm³/mol. The molecule has 0 atom stereocenters. The summed E-state index contributed by atoms with van der Waals surface area (Å²) in [4.78, 5) is 10.3. The minimum Gasteiger partial charge on any atom is -0.228 e. The van der Waals surface area contributed by atoms with E-state index in [0.717, 1.165) is 33.9 Å². The van der Waals surface area contributed by atoms with Gasteiger partial charge < -0.3 is 0 Å². The monoisotopic (exact) mass is 550 g/mol. The first-order chi connectivity index (χ1) is 21.1. The van der Waals surface area contributed by atoms with E-state index >= 15 is 0 Å². The first-order valence-corrected chi connectivity index (χ1v) is 14.8. The molecule has 0 saturated heterocycles. The zero-order valence-electron chi connectivity index (χ0n) is 24.3. The third-order valence-corrected chi connectivity index (χ3v) is 8.91. The van der Waals surface area contributed by atoms with E-state index in [4.69, 9.17) is 9.97 Å². The second-order valence-electron chi connectivity index (χ2n) is 11.8. The normalized spacial score (nSPS) is 13.1. The summed E-state index contributed by atoms with van der Waals surface area (Å²) in [5.74, 6) is 0.729. The van der Waals surface area contributed by atoms with Crippen LogP contribution in [-0.2, 0) is 5.41 Å². The van der Waals surface area contributed by atoms with Gasteiger partial charge >= 0.3 is 0 Å². The fraction of sp³-hybridized carbons (Fsp3) is 0.0732. The summed E-state index contributed by atoms with van der Waals surface area (Å²) in [5.41, 5.74) is 12.7. The van der Waals surface area contributed by atoms with Crippen molar-refractivity contribution in [2.24, 2.45) is 0 Å². The van der Waals surface area contributed by atoms with Crippen LogP contribution in [0.2, 0.25) is 0 Å². The number of rotatable bonds is 4. The molecule has 0 unspecified atom stereocenters. The molecule has 8 rings (SSSR count). The highest BCUT2D eigenvalue weighted by Gasteiger charge is 2.37. The van der Waals surface area contributed by atoms with Crippen LogP contribution in [0.1, 0.15) is 25.0 Å². The molecule has 0 spiro atoms. The molecule has 0 N–H and O–H groups in total. The molecule has 0 aliphatic heterocycles. The van der Waals surface area contributed by atoms with Crippen molar-refractivity contribution in [2.45, 2.75) is 19.3 Å². The third kappa shape index (κ3) is 4.18. The second-order valence-corrected chi connectivity index (χ2v) is 11.8. The van der Waals surface area contributed by atoms with E-state index in [1.807, 2.05) is 24.3 Å². The largest absolute Gasteiger partial charge is 0.228 e. The van der Waals surface area contributed by atoms with Gasteiger partial charge in [0.25, 0.3) is 0 Å². The molecule has 2 nitrogen and oxygen atoms in total. The van der Waals surface area contributed by atoms with Crippen molar-refractivity contribution < 1.29 is 0 Å². The maximum Gasteiger partial charge on any atom is 0.160 e. The smallest absolute Gasteiger partial charge is 0.160 e. The molecular weight excluding hydrogens is 520 g/mol. The molecule has 0 saturated carbocycles. The van der Waals surface area contributed by atoms with Gasteiger partial charge in [-0.3, -0.25) is 0 Å². The van der Waals surface area contributed by atoms with Gasteiger partial charge in [0.1, 0.15) is 0 Å². The lowest BCUT2D eigenvalue weighted by atomic mass is 9.81. The van der Waals surface area contributed by atoms with E-state index in [2.05, 4.69) is 135 Å². The maximum atomic E-state index is 5.23. The van der Waals surface area contributed by atoms with E-state index in [9.17, 15) is 0 Å². The molecule has 0 radical (unpaired) electrons. The average molecular weight is 551 g/mol. The Morgan fingerprint density at radius 2 is 0.977 bits per heavy atom. The van der Waals surface area contributed by atoms with Crippen molar-refractivity contribution >= 4 is 10.8 Å². The Hall–Kier alpha value is -5.34. The van der Waals surface area contributed by atoms with Gasteiger partial charge in [0, 0.05) is 22.1 Å². The highest BCUT2D eigenvalue weighted by atomic mass is 14.9. The van der Waals surface area contributed by atoms with Gasteiger partial charge in [-0.1, -0.05) is 147 Å². The Kier molecular flexibility index (Phi) is 5.84. The molecule has 1 aromatic heterocycles. The standard InChI is InChI=1S/C41H30N2/c1-41(2)35-20-12-11-19-33(35)39-32-18-10-9-17-31(32)34(25-36(39)41)38-26-37(42-40(43-38)30-15-7-4-8-16-30)29-23-21-28(22-24-29)27-13-5-3-6-14-27/h3-26H,1-2H3. The number of hydrogen-bond acceptors (Lipinski definition) is 2. The lowest BCUT2D eigenvalue weighted by Gasteiger charge is -2.23. The van der Waals surface area contributed by atoms with Crippen LogP contribution in [0.5, 0.6) is 0 Å². The SMILES string of the molecule is CC1(C)c2ccccc2-c2c1cc(-c1cc(-c3ccc(-c4ccccc4)cc3)nc(-c3ccccc3)n1)c1ccccc21. The number of fused-ring (bicyclic) bond motifs is 5. The van der Waals surface area contributed by atoms with Crippen LogP contribution in [-0.4, -0.2) is 9.97 Å². The molecule has 1 aliphatic rings. The molecule has 7 aromatic rings. The van der Waals surface area contributed by atoms with Crippen LogP contribution in [0.3, 0.4) is 0 Å². The highest BCUT2D eigenvalue weighted by Crippen LogP contribution is 2.53.